The number of anilines is 3. The van der Waals surface area contributed by atoms with Crippen molar-refractivity contribution in [3.63, 3.8) is 0 Å². The van der Waals surface area contributed by atoms with Gasteiger partial charge in [0.15, 0.2) is 0 Å². The van der Waals surface area contributed by atoms with Crippen LogP contribution in [0, 0.1) is 13.8 Å². The summed E-state index contributed by atoms with van der Waals surface area (Å²) in [6.45, 7) is 4.88. The van der Waals surface area contributed by atoms with Gasteiger partial charge in [0.25, 0.3) is 15.9 Å². The molecule has 3 aromatic rings. The third-order valence-electron chi connectivity index (χ3n) is 4.09. The van der Waals surface area contributed by atoms with E-state index in [0.29, 0.717) is 17.2 Å². The van der Waals surface area contributed by atoms with Crippen molar-refractivity contribution in [1.29, 1.82) is 0 Å². The summed E-state index contributed by atoms with van der Waals surface area (Å²) < 4.78 is 25.8. The minimum absolute atomic E-state index is 0.0790. The van der Waals surface area contributed by atoms with Crippen molar-refractivity contribution in [2.75, 3.05) is 10.6 Å². The van der Waals surface area contributed by atoms with Gasteiger partial charge in [0, 0.05) is 35.2 Å². The average molecular weight is 439 g/mol. The Morgan fingerprint density at radius 3 is 1.94 bits per heavy atom. The van der Waals surface area contributed by atoms with Crippen LogP contribution in [0.1, 0.15) is 28.7 Å². The molecule has 1 heterocycles. The van der Waals surface area contributed by atoms with Gasteiger partial charge in [-0.15, -0.1) is 0 Å². The van der Waals surface area contributed by atoms with E-state index < -0.39 is 15.9 Å². The van der Waals surface area contributed by atoms with E-state index in [4.69, 9.17) is 0 Å². The first-order chi connectivity index (χ1) is 14.6. The Morgan fingerprint density at radius 2 is 1.39 bits per heavy atom. The molecule has 10 heteroatoms. The quantitative estimate of drug-likeness (QED) is 0.538. The zero-order valence-corrected chi connectivity index (χ0v) is 17.9. The molecule has 3 N–H and O–H groups in total. The minimum atomic E-state index is -3.92. The van der Waals surface area contributed by atoms with E-state index in [-0.39, 0.29) is 10.8 Å². The van der Waals surface area contributed by atoms with Gasteiger partial charge in [-0.25, -0.2) is 23.1 Å². The average Bonchev–Trinajstić information content (AvgIpc) is 2.67. The van der Waals surface area contributed by atoms with Gasteiger partial charge in [0.2, 0.25) is 11.9 Å². The molecule has 0 aliphatic heterocycles. The second kappa shape index (κ2) is 8.92. The van der Waals surface area contributed by atoms with E-state index in [2.05, 4.69) is 20.6 Å². The first kappa shape index (κ1) is 21.9. The molecule has 3 rings (SSSR count). The third-order valence-corrected chi connectivity index (χ3v) is 5.54. The molecule has 2 amide bonds. The molecule has 0 aliphatic carbocycles. The Bertz CT molecular complexity index is 1200. The maximum absolute atomic E-state index is 12.5. The summed E-state index contributed by atoms with van der Waals surface area (Å²) in [5.41, 5.74) is 3.26. The lowest BCUT2D eigenvalue weighted by Crippen LogP contribution is -2.28. The van der Waals surface area contributed by atoms with Gasteiger partial charge in [-0.05, 0) is 68.4 Å². The molecule has 160 valence electrons. The van der Waals surface area contributed by atoms with E-state index in [1.807, 2.05) is 24.6 Å². The van der Waals surface area contributed by atoms with E-state index in [0.717, 1.165) is 24.0 Å². The number of rotatable bonds is 6. The molecule has 31 heavy (non-hydrogen) atoms. The second-order valence-electron chi connectivity index (χ2n) is 6.82. The fourth-order valence-electron chi connectivity index (χ4n) is 2.78. The monoisotopic (exact) mass is 439 g/mol. The largest absolute Gasteiger partial charge is 0.324 e. The Balaban J connectivity index is 1.66. The van der Waals surface area contributed by atoms with Gasteiger partial charge < -0.3 is 10.6 Å². The zero-order chi connectivity index (χ0) is 22.6. The van der Waals surface area contributed by atoms with Gasteiger partial charge in [-0.2, -0.15) is 0 Å². The molecule has 0 atom stereocenters. The number of carbonyl (C=O) groups excluding carboxylic acids is 2. The van der Waals surface area contributed by atoms with Crippen molar-refractivity contribution >= 4 is 39.2 Å². The van der Waals surface area contributed by atoms with Crippen molar-refractivity contribution in [3.8, 4) is 0 Å². The van der Waals surface area contributed by atoms with Crippen LogP contribution >= 0.6 is 0 Å². The van der Waals surface area contributed by atoms with Crippen LogP contribution in [0.2, 0.25) is 0 Å². The van der Waals surface area contributed by atoms with E-state index in [9.17, 15) is 18.0 Å². The number of aryl methyl sites for hydroxylation is 2. The Kier molecular flexibility index (Phi) is 6.30. The summed E-state index contributed by atoms with van der Waals surface area (Å²) in [5.74, 6) is -0.560. The zero-order valence-electron chi connectivity index (χ0n) is 17.1. The Morgan fingerprint density at radius 1 is 0.839 bits per heavy atom. The standard InChI is InChI=1S/C21H21N5O4S/c1-13-12-14(2)23-21(22-13)25-18-6-4-16(5-7-18)20(28)24-17-8-10-19(11-9-17)31(29,30)26-15(3)27/h4-12H,1-3H3,(H,24,28)(H,26,27)(H,22,23,25). The number of hydrogen-bond donors (Lipinski definition) is 3. The number of aromatic nitrogens is 2. The molecule has 0 aliphatic rings. The van der Waals surface area contributed by atoms with Crippen LogP contribution < -0.4 is 15.4 Å². The molecule has 1 aromatic heterocycles. The molecule has 0 unspecified atom stereocenters. The molecule has 2 aromatic carbocycles. The molecule has 0 spiro atoms. The fraction of sp³-hybridized carbons (Fsp3) is 0.143. The molecule has 9 nitrogen and oxygen atoms in total. The normalized spacial score (nSPS) is 10.9. The van der Waals surface area contributed by atoms with Crippen molar-refractivity contribution < 1.29 is 18.0 Å². The first-order valence-electron chi connectivity index (χ1n) is 9.26. The predicted molar refractivity (Wildman–Crippen MR) is 117 cm³/mol. The number of carbonyl (C=O) groups is 2. The molecule has 0 fully saturated rings. The highest BCUT2D eigenvalue weighted by molar-refractivity contribution is 7.90. The van der Waals surface area contributed by atoms with Gasteiger partial charge >= 0.3 is 0 Å². The van der Waals surface area contributed by atoms with Crippen molar-refractivity contribution in [3.05, 3.63) is 71.5 Å². The van der Waals surface area contributed by atoms with Crippen molar-refractivity contribution in [1.82, 2.24) is 14.7 Å². The second-order valence-corrected chi connectivity index (χ2v) is 8.50. The third kappa shape index (κ3) is 5.86. The number of sulfonamides is 1. The smallest absolute Gasteiger partial charge is 0.264 e. The topological polar surface area (TPSA) is 130 Å². The summed E-state index contributed by atoms with van der Waals surface area (Å²) in [5, 5.41) is 5.79. The lowest BCUT2D eigenvalue weighted by atomic mass is 10.2. The molecular weight excluding hydrogens is 418 g/mol. The van der Waals surface area contributed by atoms with Crippen molar-refractivity contribution in [2.24, 2.45) is 0 Å². The summed E-state index contributed by atoms with van der Waals surface area (Å²) in [6.07, 6.45) is 0. The number of nitrogens with zero attached hydrogens (tertiary/aromatic N) is 2. The highest BCUT2D eigenvalue weighted by Crippen LogP contribution is 2.18. The SMILES string of the molecule is CC(=O)NS(=O)(=O)c1ccc(NC(=O)c2ccc(Nc3nc(C)cc(C)n3)cc2)cc1. The predicted octanol–water partition coefficient (Wildman–Crippen LogP) is 2.91. The molecular formula is C21H21N5O4S. The summed E-state index contributed by atoms with van der Waals surface area (Å²) in [6, 6.07) is 14.1. The number of benzene rings is 2. The maximum atomic E-state index is 12.5. The Hall–Kier alpha value is -3.79. The van der Waals surface area contributed by atoms with Crippen LogP contribution in [0.3, 0.4) is 0 Å². The van der Waals surface area contributed by atoms with Crippen LogP contribution in [-0.4, -0.2) is 30.2 Å². The molecule has 0 saturated heterocycles. The van der Waals surface area contributed by atoms with Crippen LogP contribution in [0.5, 0.6) is 0 Å². The van der Waals surface area contributed by atoms with E-state index in [1.165, 1.54) is 24.3 Å². The van der Waals surface area contributed by atoms with Crippen LogP contribution in [-0.2, 0) is 14.8 Å². The highest BCUT2D eigenvalue weighted by atomic mass is 32.2. The first-order valence-corrected chi connectivity index (χ1v) is 10.7. The van der Waals surface area contributed by atoms with Crippen molar-refractivity contribution in [2.45, 2.75) is 25.7 Å². The Labute approximate surface area is 180 Å². The van der Waals surface area contributed by atoms with Crippen LogP contribution in [0.25, 0.3) is 0 Å². The molecule has 0 saturated carbocycles. The van der Waals surface area contributed by atoms with E-state index >= 15 is 0 Å². The van der Waals surface area contributed by atoms with Gasteiger partial charge in [-0.1, -0.05) is 0 Å². The number of nitrogens with one attached hydrogen (secondary N) is 3. The summed E-state index contributed by atoms with van der Waals surface area (Å²) in [7, 11) is -3.92. The lowest BCUT2D eigenvalue weighted by Gasteiger charge is -2.09. The summed E-state index contributed by atoms with van der Waals surface area (Å²) in [4.78, 5) is 32.0. The van der Waals surface area contributed by atoms with Crippen LogP contribution in [0.4, 0.5) is 17.3 Å². The minimum Gasteiger partial charge on any atom is -0.324 e. The summed E-state index contributed by atoms with van der Waals surface area (Å²) >= 11 is 0. The number of amides is 2. The molecule has 0 radical (unpaired) electrons. The fourth-order valence-corrected chi connectivity index (χ4v) is 3.78. The number of hydrogen-bond acceptors (Lipinski definition) is 7. The van der Waals surface area contributed by atoms with Gasteiger partial charge in [-0.3, -0.25) is 9.59 Å². The van der Waals surface area contributed by atoms with Crippen LogP contribution in [0.15, 0.2) is 59.5 Å². The lowest BCUT2D eigenvalue weighted by molar-refractivity contribution is -0.117. The molecule has 0 bridgehead atoms. The van der Waals surface area contributed by atoms with Gasteiger partial charge in [0.1, 0.15) is 0 Å². The maximum Gasteiger partial charge on any atom is 0.264 e. The highest BCUT2D eigenvalue weighted by Gasteiger charge is 2.15. The van der Waals surface area contributed by atoms with E-state index in [1.54, 1.807) is 24.3 Å². The van der Waals surface area contributed by atoms with Gasteiger partial charge in [0.05, 0.1) is 4.90 Å².